The van der Waals surface area contributed by atoms with E-state index in [0.717, 1.165) is 18.8 Å². The molecule has 1 fully saturated rings. The zero-order valence-corrected chi connectivity index (χ0v) is 13.9. The van der Waals surface area contributed by atoms with Gasteiger partial charge in [0.1, 0.15) is 0 Å². The van der Waals surface area contributed by atoms with E-state index >= 15 is 0 Å². The zero-order valence-electron chi connectivity index (χ0n) is 13.1. The second-order valence-corrected chi connectivity index (χ2v) is 6.59. The van der Waals surface area contributed by atoms with Crippen LogP contribution in [0.15, 0.2) is 0 Å². The summed E-state index contributed by atoms with van der Waals surface area (Å²) in [5.41, 5.74) is 0. The summed E-state index contributed by atoms with van der Waals surface area (Å²) in [5.74, 6) is 2.22. The molecule has 2 unspecified atom stereocenters. The Kier molecular flexibility index (Phi) is 10.2. The lowest BCUT2D eigenvalue weighted by atomic mass is 9.98. The minimum Gasteiger partial charge on any atom is -0.356 e. The second-order valence-electron chi connectivity index (χ2n) is 6.28. The summed E-state index contributed by atoms with van der Waals surface area (Å²) in [4.78, 5) is 11.8. The van der Waals surface area contributed by atoms with E-state index in [1.165, 1.54) is 57.8 Å². The largest absolute Gasteiger partial charge is 0.356 e. The molecule has 0 aromatic carbocycles. The highest BCUT2D eigenvalue weighted by Gasteiger charge is 2.26. The number of halogens is 1. The maximum atomic E-state index is 11.8. The number of hydrogen-bond donors (Lipinski definition) is 1. The molecule has 0 aromatic rings. The first kappa shape index (κ1) is 17.8. The second kappa shape index (κ2) is 11.4. The first-order chi connectivity index (χ1) is 9.77. The number of rotatable bonds is 11. The van der Waals surface area contributed by atoms with Gasteiger partial charge in [0.05, 0.1) is 0 Å². The summed E-state index contributed by atoms with van der Waals surface area (Å²) in [5, 5.41) is 3.10. The van der Waals surface area contributed by atoms with Gasteiger partial charge in [-0.15, -0.1) is 11.6 Å². The third kappa shape index (κ3) is 7.52. The molecule has 0 aromatic heterocycles. The van der Waals surface area contributed by atoms with Crippen LogP contribution < -0.4 is 5.32 Å². The lowest BCUT2D eigenvalue weighted by Crippen LogP contribution is -2.31. The monoisotopic (exact) mass is 301 g/mol. The molecule has 1 N–H and O–H groups in total. The van der Waals surface area contributed by atoms with Crippen molar-refractivity contribution in [3.8, 4) is 0 Å². The van der Waals surface area contributed by atoms with Crippen molar-refractivity contribution in [2.24, 2.45) is 11.8 Å². The Morgan fingerprint density at radius 2 is 1.70 bits per heavy atom. The van der Waals surface area contributed by atoms with Crippen molar-refractivity contribution in [3.05, 3.63) is 0 Å². The van der Waals surface area contributed by atoms with Crippen LogP contribution in [0.4, 0.5) is 0 Å². The van der Waals surface area contributed by atoms with Gasteiger partial charge >= 0.3 is 0 Å². The summed E-state index contributed by atoms with van der Waals surface area (Å²) in [6.45, 7) is 3.08. The van der Waals surface area contributed by atoms with Crippen LogP contribution in [0.3, 0.4) is 0 Å². The molecule has 0 saturated heterocycles. The molecule has 2 nitrogen and oxygen atoms in total. The zero-order chi connectivity index (χ0) is 14.6. The third-order valence-electron chi connectivity index (χ3n) is 4.58. The van der Waals surface area contributed by atoms with Gasteiger partial charge in [0.25, 0.3) is 0 Å². The molecule has 2 atom stereocenters. The molecule has 0 bridgehead atoms. The topological polar surface area (TPSA) is 29.1 Å². The van der Waals surface area contributed by atoms with Crippen LogP contribution in [0, 0.1) is 11.8 Å². The van der Waals surface area contributed by atoms with E-state index < -0.39 is 0 Å². The summed E-state index contributed by atoms with van der Waals surface area (Å²) >= 11 is 5.96. The molecule has 0 radical (unpaired) electrons. The van der Waals surface area contributed by atoms with Crippen LogP contribution >= 0.6 is 11.6 Å². The molecule has 3 heteroatoms. The lowest BCUT2D eigenvalue weighted by molar-refractivity contribution is -0.121. The molecule has 1 rings (SSSR count). The predicted octanol–water partition coefficient (Wildman–Crippen LogP) is 4.90. The molecule has 0 aliphatic heterocycles. The number of nitrogens with one attached hydrogen (secondary N) is 1. The van der Waals surface area contributed by atoms with Crippen molar-refractivity contribution in [2.75, 3.05) is 12.4 Å². The van der Waals surface area contributed by atoms with Crippen molar-refractivity contribution in [1.29, 1.82) is 0 Å². The maximum absolute atomic E-state index is 11.8. The van der Waals surface area contributed by atoms with E-state index in [-0.39, 0.29) is 5.91 Å². The van der Waals surface area contributed by atoms with Gasteiger partial charge < -0.3 is 5.32 Å². The lowest BCUT2D eigenvalue weighted by Gasteiger charge is -2.17. The number of alkyl halides is 1. The van der Waals surface area contributed by atoms with E-state index in [4.69, 9.17) is 11.6 Å². The fourth-order valence-corrected chi connectivity index (χ4v) is 3.57. The van der Waals surface area contributed by atoms with Crippen LogP contribution in [-0.4, -0.2) is 18.3 Å². The first-order valence-corrected chi connectivity index (χ1v) is 9.14. The fourth-order valence-electron chi connectivity index (χ4n) is 3.16. The van der Waals surface area contributed by atoms with Crippen LogP contribution in [0.2, 0.25) is 0 Å². The van der Waals surface area contributed by atoms with Gasteiger partial charge in [0, 0.05) is 18.8 Å². The summed E-state index contributed by atoms with van der Waals surface area (Å²) in [6, 6.07) is 0. The van der Waals surface area contributed by atoms with Crippen molar-refractivity contribution in [2.45, 2.75) is 77.6 Å². The maximum Gasteiger partial charge on any atom is 0.220 e. The summed E-state index contributed by atoms with van der Waals surface area (Å²) in [7, 11) is 0. The van der Waals surface area contributed by atoms with Crippen LogP contribution in [0.5, 0.6) is 0 Å². The highest BCUT2D eigenvalue weighted by Crippen LogP contribution is 2.31. The molecular formula is C17H32ClNO. The molecule has 1 aliphatic rings. The van der Waals surface area contributed by atoms with E-state index in [1.54, 1.807) is 0 Å². The molecule has 0 heterocycles. The summed E-state index contributed by atoms with van der Waals surface area (Å²) < 4.78 is 0. The van der Waals surface area contributed by atoms with Gasteiger partial charge in [0.15, 0.2) is 0 Å². The number of carbonyl (C=O) groups excluding carboxylic acids is 1. The van der Waals surface area contributed by atoms with E-state index in [2.05, 4.69) is 12.2 Å². The van der Waals surface area contributed by atoms with Gasteiger partial charge in [-0.2, -0.15) is 0 Å². The van der Waals surface area contributed by atoms with Crippen molar-refractivity contribution in [1.82, 2.24) is 5.32 Å². The summed E-state index contributed by atoms with van der Waals surface area (Å²) in [6.07, 6.45) is 13.3. The van der Waals surface area contributed by atoms with Gasteiger partial charge in [-0.05, 0) is 31.1 Å². The molecular weight excluding hydrogens is 270 g/mol. The molecule has 1 amide bonds. The number of hydrogen-bond acceptors (Lipinski definition) is 1. The van der Waals surface area contributed by atoms with Gasteiger partial charge in [0.2, 0.25) is 5.91 Å². The van der Waals surface area contributed by atoms with Crippen LogP contribution in [-0.2, 0) is 4.79 Å². The van der Waals surface area contributed by atoms with Crippen molar-refractivity contribution in [3.63, 3.8) is 0 Å². The number of unbranched alkanes of at least 4 members (excludes halogenated alkanes) is 6. The Labute approximate surface area is 130 Å². The average molecular weight is 302 g/mol. The van der Waals surface area contributed by atoms with Crippen LogP contribution in [0.25, 0.3) is 0 Å². The highest BCUT2D eigenvalue weighted by molar-refractivity contribution is 6.18. The van der Waals surface area contributed by atoms with Crippen LogP contribution in [0.1, 0.15) is 77.6 Å². The van der Waals surface area contributed by atoms with E-state index in [9.17, 15) is 4.79 Å². The fraction of sp³-hybridized carbons (Fsp3) is 0.941. The van der Waals surface area contributed by atoms with E-state index in [0.29, 0.717) is 18.3 Å². The Hall–Kier alpha value is -0.240. The van der Waals surface area contributed by atoms with Gasteiger partial charge in [-0.1, -0.05) is 51.9 Å². The quantitative estimate of drug-likeness (QED) is 0.427. The average Bonchev–Trinajstić information content (AvgIpc) is 2.91. The standard InChI is InChI=1S/C17H32ClNO/c1-2-3-4-5-6-7-8-12-17(20)19-14-16-11-9-10-15(16)13-18/h15-16H,2-14H2,1H3,(H,19,20). The Bertz CT molecular complexity index is 257. The smallest absolute Gasteiger partial charge is 0.220 e. The first-order valence-electron chi connectivity index (χ1n) is 8.60. The van der Waals surface area contributed by atoms with Crippen molar-refractivity contribution < 1.29 is 4.79 Å². The third-order valence-corrected chi connectivity index (χ3v) is 4.98. The molecule has 20 heavy (non-hydrogen) atoms. The highest BCUT2D eigenvalue weighted by atomic mass is 35.5. The Morgan fingerprint density at radius 1 is 1.05 bits per heavy atom. The predicted molar refractivity (Wildman–Crippen MR) is 87.2 cm³/mol. The molecule has 118 valence electrons. The minimum absolute atomic E-state index is 0.235. The molecule has 0 spiro atoms. The van der Waals surface area contributed by atoms with Gasteiger partial charge in [-0.3, -0.25) is 4.79 Å². The normalized spacial score (nSPS) is 22.1. The molecule has 1 saturated carbocycles. The van der Waals surface area contributed by atoms with E-state index in [1.807, 2.05) is 0 Å². The Balaban J connectivity index is 1.95. The SMILES string of the molecule is CCCCCCCCCC(=O)NCC1CCCC1CCl. The molecule has 1 aliphatic carbocycles. The number of carbonyl (C=O) groups is 1. The Morgan fingerprint density at radius 3 is 2.40 bits per heavy atom. The van der Waals surface area contributed by atoms with Crippen molar-refractivity contribution >= 4 is 17.5 Å². The number of amides is 1. The minimum atomic E-state index is 0.235. The van der Waals surface area contributed by atoms with Gasteiger partial charge in [-0.25, -0.2) is 0 Å².